The Kier molecular flexibility index (Phi) is 6.18. The zero-order valence-electron chi connectivity index (χ0n) is 15.5. The number of halogens is 1. The van der Waals surface area contributed by atoms with E-state index < -0.39 is 21.7 Å². The number of sulfone groups is 1. The Labute approximate surface area is 163 Å². The van der Waals surface area contributed by atoms with E-state index in [1.807, 2.05) is 0 Å². The fraction of sp³-hybridized carbons (Fsp3) is 0.350. The molecule has 0 spiro atoms. The number of benzene rings is 2. The maximum atomic E-state index is 13.5. The quantitative estimate of drug-likeness (QED) is 0.705. The molecule has 1 aliphatic heterocycles. The van der Waals surface area contributed by atoms with Crippen LogP contribution < -0.4 is 9.47 Å². The first-order valence-electron chi connectivity index (χ1n) is 8.87. The van der Waals surface area contributed by atoms with Crippen LogP contribution in [0.2, 0.25) is 0 Å². The standard InChI is InChI=1S/C20H22FNO5S/c1-26-18-5-7-19(8-6-18)27-13-20(23)22(17-9-10-28(24,25)14-17)12-15-3-2-4-16(21)11-15/h2-8,11,17H,9-10,12-14H2,1H3/t17-/m0/s1. The average Bonchev–Trinajstić information content (AvgIpc) is 3.04. The van der Waals surface area contributed by atoms with E-state index in [4.69, 9.17) is 9.47 Å². The third kappa shape index (κ3) is 5.22. The highest BCUT2D eigenvalue weighted by Gasteiger charge is 2.34. The summed E-state index contributed by atoms with van der Waals surface area (Å²) in [5, 5.41) is 0. The van der Waals surface area contributed by atoms with Crippen LogP contribution in [0.3, 0.4) is 0 Å². The molecule has 2 aromatic rings. The van der Waals surface area contributed by atoms with Gasteiger partial charge in [0, 0.05) is 12.6 Å². The lowest BCUT2D eigenvalue weighted by atomic mass is 10.1. The topological polar surface area (TPSA) is 72.9 Å². The van der Waals surface area contributed by atoms with Crippen LogP contribution in [0.25, 0.3) is 0 Å². The van der Waals surface area contributed by atoms with E-state index in [2.05, 4.69) is 0 Å². The number of amides is 1. The maximum Gasteiger partial charge on any atom is 0.261 e. The van der Waals surface area contributed by atoms with Gasteiger partial charge in [0.1, 0.15) is 17.3 Å². The normalized spacial score (nSPS) is 17.9. The second-order valence-corrected chi connectivity index (χ2v) is 8.90. The monoisotopic (exact) mass is 407 g/mol. The highest BCUT2D eigenvalue weighted by Crippen LogP contribution is 2.22. The molecule has 0 bridgehead atoms. The molecule has 8 heteroatoms. The molecule has 6 nitrogen and oxygen atoms in total. The number of carbonyl (C=O) groups is 1. The molecule has 1 aliphatic rings. The fourth-order valence-electron chi connectivity index (χ4n) is 3.17. The van der Waals surface area contributed by atoms with E-state index in [1.54, 1.807) is 43.5 Å². The van der Waals surface area contributed by atoms with Gasteiger partial charge in [-0.1, -0.05) is 12.1 Å². The predicted molar refractivity (Wildman–Crippen MR) is 102 cm³/mol. The molecule has 3 rings (SSSR count). The van der Waals surface area contributed by atoms with Crippen LogP contribution in [-0.4, -0.2) is 50.5 Å². The molecule has 0 aromatic heterocycles. The number of methoxy groups -OCH3 is 1. The van der Waals surface area contributed by atoms with Gasteiger partial charge in [0.25, 0.3) is 5.91 Å². The largest absolute Gasteiger partial charge is 0.497 e. The number of hydrogen-bond acceptors (Lipinski definition) is 5. The van der Waals surface area contributed by atoms with Gasteiger partial charge < -0.3 is 14.4 Å². The smallest absolute Gasteiger partial charge is 0.261 e. The Morgan fingerprint density at radius 1 is 1.18 bits per heavy atom. The molecule has 28 heavy (non-hydrogen) atoms. The van der Waals surface area contributed by atoms with Gasteiger partial charge in [-0.3, -0.25) is 4.79 Å². The molecule has 0 N–H and O–H groups in total. The Balaban J connectivity index is 1.72. The summed E-state index contributed by atoms with van der Waals surface area (Å²) < 4.78 is 47.9. The van der Waals surface area contributed by atoms with Crippen molar-refractivity contribution < 1.29 is 27.1 Å². The molecule has 1 saturated heterocycles. The highest BCUT2D eigenvalue weighted by atomic mass is 32.2. The SMILES string of the molecule is COc1ccc(OCC(=O)N(Cc2cccc(F)c2)[C@H]2CCS(=O)(=O)C2)cc1. The zero-order valence-corrected chi connectivity index (χ0v) is 16.3. The Bertz CT molecular complexity index is 930. The van der Waals surface area contributed by atoms with Crippen molar-refractivity contribution in [3.05, 3.63) is 59.9 Å². The van der Waals surface area contributed by atoms with Gasteiger partial charge in [0.15, 0.2) is 16.4 Å². The molecule has 150 valence electrons. The van der Waals surface area contributed by atoms with E-state index in [0.29, 0.717) is 23.5 Å². The van der Waals surface area contributed by atoms with Crippen molar-refractivity contribution in [3.63, 3.8) is 0 Å². The molecular formula is C20H22FNO5S. The van der Waals surface area contributed by atoms with Gasteiger partial charge in [0.2, 0.25) is 0 Å². The third-order valence-corrected chi connectivity index (χ3v) is 6.38. The Morgan fingerprint density at radius 3 is 2.50 bits per heavy atom. The van der Waals surface area contributed by atoms with E-state index >= 15 is 0 Å². The molecule has 1 heterocycles. The van der Waals surface area contributed by atoms with Crippen LogP contribution in [0.5, 0.6) is 11.5 Å². The summed E-state index contributed by atoms with van der Waals surface area (Å²) >= 11 is 0. The first-order chi connectivity index (χ1) is 13.4. The fourth-order valence-corrected chi connectivity index (χ4v) is 4.90. The van der Waals surface area contributed by atoms with Gasteiger partial charge >= 0.3 is 0 Å². The molecule has 0 saturated carbocycles. The van der Waals surface area contributed by atoms with Crippen molar-refractivity contribution in [2.45, 2.75) is 19.0 Å². The van der Waals surface area contributed by atoms with E-state index in [0.717, 1.165) is 0 Å². The van der Waals surface area contributed by atoms with E-state index in [-0.39, 0.29) is 30.6 Å². The van der Waals surface area contributed by atoms with Crippen LogP contribution in [0.1, 0.15) is 12.0 Å². The van der Waals surface area contributed by atoms with Crippen LogP contribution in [0, 0.1) is 5.82 Å². The van der Waals surface area contributed by atoms with Crippen molar-refractivity contribution >= 4 is 15.7 Å². The molecule has 0 radical (unpaired) electrons. The summed E-state index contributed by atoms with van der Waals surface area (Å²) in [6.07, 6.45) is 0.367. The minimum Gasteiger partial charge on any atom is -0.497 e. The van der Waals surface area contributed by atoms with Crippen LogP contribution in [-0.2, 0) is 21.2 Å². The summed E-state index contributed by atoms with van der Waals surface area (Å²) in [7, 11) is -1.62. The van der Waals surface area contributed by atoms with Gasteiger partial charge in [-0.05, 0) is 48.4 Å². The van der Waals surface area contributed by atoms with Crippen molar-refractivity contribution in [2.75, 3.05) is 25.2 Å². The molecule has 1 amide bonds. The number of hydrogen-bond donors (Lipinski definition) is 0. The van der Waals surface area contributed by atoms with E-state index in [9.17, 15) is 17.6 Å². The van der Waals surface area contributed by atoms with Gasteiger partial charge in [-0.15, -0.1) is 0 Å². The number of carbonyl (C=O) groups excluding carboxylic acids is 1. The van der Waals surface area contributed by atoms with Gasteiger partial charge in [-0.25, -0.2) is 12.8 Å². The van der Waals surface area contributed by atoms with Gasteiger partial charge in [0.05, 0.1) is 18.6 Å². The average molecular weight is 407 g/mol. The van der Waals surface area contributed by atoms with Crippen molar-refractivity contribution in [3.8, 4) is 11.5 Å². The lowest BCUT2D eigenvalue weighted by molar-refractivity contribution is -0.136. The Morgan fingerprint density at radius 2 is 1.89 bits per heavy atom. The third-order valence-electron chi connectivity index (χ3n) is 4.63. The first kappa shape index (κ1) is 20.1. The highest BCUT2D eigenvalue weighted by molar-refractivity contribution is 7.91. The van der Waals surface area contributed by atoms with Crippen molar-refractivity contribution in [2.24, 2.45) is 0 Å². The second-order valence-electron chi connectivity index (χ2n) is 6.67. The predicted octanol–water partition coefficient (Wildman–Crippen LogP) is 2.43. The molecule has 1 fully saturated rings. The van der Waals surface area contributed by atoms with Crippen molar-refractivity contribution in [1.82, 2.24) is 4.90 Å². The maximum absolute atomic E-state index is 13.5. The molecule has 0 aliphatic carbocycles. The lowest BCUT2D eigenvalue weighted by Crippen LogP contribution is -2.43. The summed E-state index contributed by atoms with van der Waals surface area (Å²) in [4.78, 5) is 14.3. The minimum atomic E-state index is -3.17. The minimum absolute atomic E-state index is 0.0456. The first-order valence-corrected chi connectivity index (χ1v) is 10.7. The summed E-state index contributed by atoms with van der Waals surface area (Å²) in [5.74, 6) is 0.377. The molecular weight excluding hydrogens is 385 g/mol. The Hall–Kier alpha value is -2.61. The number of nitrogens with zero attached hydrogens (tertiary/aromatic N) is 1. The van der Waals surface area contributed by atoms with Gasteiger partial charge in [-0.2, -0.15) is 0 Å². The lowest BCUT2D eigenvalue weighted by Gasteiger charge is -2.28. The summed E-state index contributed by atoms with van der Waals surface area (Å²) in [6.45, 7) is -0.110. The zero-order chi connectivity index (χ0) is 20.1. The molecule has 1 atom stereocenters. The second kappa shape index (κ2) is 8.60. The number of rotatable bonds is 7. The molecule has 0 unspecified atom stereocenters. The summed E-state index contributed by atoms with van der Waals surface area (Å²) in [6, 6.07) is 12.3. The number of ether oxygens (including phenoxy) is 2. The van der Waals surface area contributed by atoms with Crippen LogP contribution in [0.4, 0.5) is 4.39 Å². The summed E-state index contributed by atoms with van der Waals surface area (Å²) in [5.41, 5.74) is 0.599. The van der Waals surface area contributed by atoms with Crippen LogP contribution in [0.15, 0.2) is 48.5 Å². The van der Waals surface area contributed by atoms with E-state index in [1.165, 1.54) is 17.0 Å². The van der Waals surface area contributed by atoms with Crippen LogP contribution >= 0.6 is 0 Å². The molecule has 2 aromatic carbocycles. The van der Waals surface area contributed by atoms with Crippen molar-refractivity contribution in [1.29, 1.82) is 0 Å².